The monoisotopic (exact) mass is 396 g/mol. The molecular formula is C19H25PSSe. The molecule has 22 heavy (non-hydrogen) atoms. The fraction of sp³-hybridized carbons (Fsp3) is 0.368. The molecule has 0 saturated carbocycles. The van der Waals surface area contributed by atoms with Crippen molar-refractivity contribution in [3.63, 3.8) is 0 Å². The van der Waals surface area contributed by atoms with Crippen molar-refractivity contribution in [1.29, 1.82) is 0 Å². The van der Waals surface area contributed by atoms with Gasteiger partial charge >= 0.3 is 147 Å². The molecule has 0 fully saturated rings. The van der Waals surface area contributed by atoms with Gasteiger partial charge in [0.25, 0.3) is 0 Å². The van der Waals surface area contributed by atoms with Gasteiger partial charge in [-0.3, -0.25) is 0 Å². The topological polar surface area (TPSA) is 0 Å². The summed E-state index contributed by atoms with van der Waals surface area (Å²) in [6, 6.07) is 22.1. The molecule has 3 heteroatoms. The molecule has 0 nitrogen and oxygen atoms in total. The van der Waals surface area contributed by atoms with E-state index in [9.17, 15) is 0 Å². The van der Waals surface area contributed by atoms with E-state index in [-0.39, 0.29) is 7.12 Å². The standard InChI is InChI=1S/C19H25PSSe/c1-2-3-10-16-22-17-15-21-20(18-11-6-4-7-12-18)19-13-8-5-9-14-19/h4-9,11-14H,2-3,10,15-17H2,1H3. The van der Waals surface area contributed by atoms with E-state index in [4.69, 9.17) is 0 Å². The first-order chi connectivity index (χ1) is 10.9. The van der Waals surface area contributed by atoms with Crippen LogP contribution in [-0.2, 0) is 0 Å². The molecule has 0 amide bonds. The van der Waals surface area contributed by atoms with Crippen LogP contribution in [0.2, 0.25) is 10.6 Å². The van der Waals surface area contributed by atoms with Crippen molar-refractivity contribution in [2.75, 3.05) is 5.75 Å². The Hall–Kier alpha value is -0.261. The van der Waals surface area contributed by atoms with Crippen LogP contribution in [0, 0.1) is 0 Å². The molecule has 0 radical (unpaired) electrons. The summed E-state index contributed by atoms with van der Waals surface area (Å²) in [7, 11) is -0.252. The van der Waals surface area contributed by atoms with E-state index in [1.165, 1.54) is 46.3 Å². The van der Waals surface area contributed by atoms with Gasteiger partial charge in [-0.15, -0.1) is 0 Å². The summed E-state index contributed by atoms with van der Waals surface area (Å²) in [6.45, 7) is 2.29. The first-order valence-corrected chi connectivity index (χ1v) is 13.4. The van der Waals surface area contributed by atoms with E-state index in [0.29, 0.717) is 0 Å². The third kappa shape index (κ3) is 6.47. The van der Waals surface area contributed by atoms with Crippen molar-refractivity contribution in [2.24, 2.45) is 0 Å². The molecule has 0 saturated heterocycles. The summed E-state index contributed by atoms with van der Waals surface area (Å²) < 4.78 is 0. The van der Waals surface area contributed by atoms with Gasteiger partial charge in [0.1, 0.15) is 0 Å². The van der Waals surface area contributed by atoms with Crippen LogP contribution in [0.15, 0.2) is 60.7 Å². The third-order valence-electron chi connectivity index (χ3n) is 3.32. The Labute approximate surface area is 147 Å². The van der Waals surface area contributed by atoms with Crippen molar-refractivity contribution >= 4 is 44.1 Å². The number of hydrogen-bond acceptors (Lipinski definition) is 1. The maximum absolute atomic E-state index is 2.29. The van der Waals surface area contributed by atoms with Gasteiger partial charge in [0.15, 0.2) is 0 Å². The van der Waals surface area contributed by atoms with Crippen molar-refractivity contribution in [1.82, 2.24) is 0 Å². The molecule has 118 valence electrons. The predicted molar refractivity (Wildman–Crippen MR) is 106 cm³/mol. The van der Waals surface area contributed by atoms with Gasteiger partial charge in [0, 0.05) is 0 Å². The number of hydrogen-bond donors (Lipinski definition) is 0. The molecule has 0 aliphatic heterocycles. The van der Waals surface area contributed by atoms with Crippen LogP contribution >= 0.6 is 18.5 Å². The molecule has 0 heterocycles. The van der Waals surface area contributed by atoms with Crippen molar-refractivity contribution in [3.05, 3.63) is 60.7 Å². The molecule has 0 N–H and O–H groups in total. The van der Waals surface area contributed by atoms with Crippen LogP contribution in [0.1, 0.15) is 26.2 Å². The molecule has 2 aromatic carbocycles. The summed E-state index contributed by atoms with van der Waals surface area (Å²) in [5.74, 6) is 1.31. The zero-order valence-corrected chi connectivity index (χ0v) is 16.7. The van der Waals surface area contributed by atoms with Crippen LogP contribution in [-0.4, -0.2) is 20.7 Å². The Bertz CT molecular complexity index is 464. The van der Waals surface area contributed by atoms with Crippen LogP contribution < -0.4 is 10.6 Å². The van der Waals surface area contributed by atoms with E-state index in [1.54, 1.807) is 0 Å². The van der Waals surface area contributed by atoms with Gasteiger partial charge < -0.3 is 0 Å². The normalized spacial score (nSPS) is 11.0. The van der Waals surface area contributed by atoms with Gasteiger partial charge in [0.2, 0.25) is 0 Å². The van der Waals surface area contributed by atoms with Crippen LogP contribution in [0.3, 0.4) is 0 Å². The molecule has 0 atom stereocenters. The fourth-order valence-corrected chi connectivity index (χ4v) is 9.86. The Kier molecular flexibility index (Phi) is 9.29. The van der Waals surface area contributed by atoms with E-state index in [0.717, 1.165) is 15.0 Å². The van der Waals surface area contributed by atoms with Gasteiger partial charge in [0.05, 0.1) is 0 Å². The van der Waals surface area contributed by atoms with Gasteiger partial charge in [-0.1, -0.05) is 0 Å². The number of unbranched alkanes of at least 4 members (excludes halogenated alkanes) is 2. The predicted octanol–water partition coefficient (Wildman–Crippen LogP) is 5.50. The summed E-state index contributed by atoms with van der Waals surface area (Å²) in [4.78, 5) is 0. The second-order valence-electron chi connectivity index (χ2n) is 5.12. The van der Waals surface area contributed by atoms with E-state index in [2.05, 4.69) is 79.0 Å². The SMILES string of the molecule is CCCCC[Se]CCSP(c1ccccc1)c1ccccc1. The van der Waals surface area contributed by atoms with E-state index in [1.807, 2.05) is 0 Å². The molecule has 0 unspecified atom stereocenters. The second kappa shape index (κ2) is 11.3. The Morgan fingerprint density at radius 3 is 1.95 bits per heavy atom. The minimum absolute atomic E-state index is 0.252. The second-order valence-corrected chi connectivity index (χ2v) is 11.8. The molecular weight excluding hydrogens is 370 g/mol. The molecule has 0 bridgehead atoms. The third-order valence-corrected chi connectivity index (χ3v) is 10.9. The summed E-state index contributed by atoms with van der Waals surface area (Å²) in [5.41, 5.74) is 0. The summed E-state index contributed by atoms with van der Waals surface area (Å²) in [6.07, 6.45) is 4.20. The average molecular weight is 395 g/mol. The summed E-state index contributed by atoms with van der Waals surface area (Å²) >= 11 is 3.02. The zero-order chi connectivity index (χ0) is 15.5. The van der Waals surface area contributed by atoms with Crippen molar-refractivity contribution in [3.8, 4) is 0 Å². The Morgan fingerprint density at radius 2 is 1.41 bits per heavy atom. The zero-order valence-electron chi connectivity index (χ0n) is 13.3. The van der Waals surface area contributed by atoms with Crippen LogP contribution in [0.4, 0.5) is 0 Å². The number of benzene rings is 2. The van der Waals surface area contributed by atoms with Gasteiger partial charge in [-0.05, 0) is 0 Å². The first kappa shape index (κ1) is 18.1. The molecule has 2 aromatic rings. The van der Waals surface area contributed by atoms with Gasteiger partial charge in [-0.25, -0.2) is 0 Å². The molecule has 0 aliphatic carbocycles. The van der Waals surface area contributed by atoms with Crippen LogP contribution in [0.5, 0.6) is 0 Å². The quantitative estimate of drug-likeness (QED) is 0.291. The Morgan fingerprint density at radius 1 is 0.818 bits per heavy atom. The maximum atomic E-state index is 2.29. The molecule has 0 aliphatic rings. The fourth-order valence-electron chi connectivity index (χ4n) is 2.17. The van der Waals surface area contributed by atoms with Crippen molar-refractivity contribution in [2.45, 2.75) is 36.8 Å². The molecule has 0 spiro atoms. The first-order valence-electron chi connectivity index (χ1n) is 8.02. The molecule has 2 rings (SSSR count). The summed E-state index contributed by atoms with van der Waals surface area (Å²) in [5, 5.41) is 5.87. The average Bonchev–Trinajstić information content (AvgIpc) is 2.59. The molecule has 0 aromatic heterocycles. The van der Waals surface area contributed by atoms with Gasteiger partial charge in [-0.2, -0.15) is 0 Å². The van der Waals surface area contributed by atoms with Crippen molar-refractivity contribution < 1.29 is 0 Å². The number of rotatable bonds is 10. The van der Waals surface area contributed by atoms with Crippen LogP contribution in [0.25, 0.3) is 0 Å². The van der Waals surface area contributed by atoms with E-state index >= 15 is 0 Å². The minimum atomic E-state index is -0.252. The Balaban J connectivity index is 1.87. The van der Waals surface area contributed by atoms with E-state index < -0.39 is 0 Å².